The van der Waals surface area contributed by atoms with E-state index in [0.717, 1.165) is 31.2 Å². The number of aliphatic hydroxyl groups is 1. The van der Waals surface area contributed by atoms with Crippen molar-refractivity contribution >= 4 is 17.4 Å². The summed E-state index contributed by atoms with van der Waals surface area (Å²) in [5.74, 6) is 6.36. The van der Waals surface area contributed by atoms with Crippen LogP contribution in [0.15, 0.2) is 36.7 Å². The molecule has 4 rings (SSSR count). The molecule has 0 aliphatic heterocycles. The Morgan fingerprint density at radius 1 is 1.34 bits per heavy atom. The van der Waals surface area contributed by atoms with Gasteiger partial charge in [0.05, 0.1) is 37.0 Å². The van der Waals surface area contributed by atoms with Crippen molar-refractivity contribution in [2.45, 2.75) is 64.1 Å². The van der Waals surface area contributed by atoms with Gasteiger partial charge in [-0.1, -0.05) is 30.2 Å². The Labute approximate surface area is 203 Å². The molecule has 11 nitrogen and oxygen atoms in total. The average Bonchev–Trinajstić information content (AvgIpc) is 3.57. The van der Waals surface area contributed by atoms with Crippen molar-refractivity contribution in [3.63, 3.8) is 0 Å². The summed E-state index contributed by atoms with van der Waals surface area (Å²) < 4.78 is 3.32. The smallest absolute Gasteiger partial charge is 0.254 e. The summed E-state index contributed by atoms with van der Waals surface area (Å²) in [6.45, 7) is 3.71. The van der Waals surface area contributed by atoms with Crippen LogP contribution in [0.4, 0.5) is 11.5 Å². The summed E-state index contributed by atoms with van der Waals surface area (Å²) in [6.07, 6.45) is 7.91. The van der Waals surface area contributed by atoms with E-state index in [2.05, 4.69) is 21.5 Å². The number of carbonyl (C=O) groups is 1. The Bertz CT molecular complexity index is 1230. The Balaban J connectivity index is 1.61. The highest BCUT2D eigenvalue weighted by atomic mass is 16.3. The molecule has 3 aromatic rings. The number of primary amides is 1. The lowest BCUT2D eigenvalue weighted by atomic mass is 9.96. The van der Waals surface area contributed by atoms with Crippen molar-refractivity contribution < 1.29 is 9.90 Å². The molecule has 1 aromatic carbocycles. The van der Waals surface area contributed by atoms with Gasteiger partial charge in [0, 0.05) is 6.20 Å². The first kappa shape index (κ1) is 24.4. The number of benzene rings is 1. The molecule has 1 amide bonds. The quantitative estimate of drug-likeness (QED) is 0.312. The van der Waals surface area contributed by atoms with Gasteiger partial charge in [-0.15, -0.1) is 5.10 Å². The summed E-state index contributed by atoms with van der Waals surface area (Å²) in [5, 5.41) is 33.6. The molecule has 1 fully saturated rings. The van der Waals surface area contributed by atoms with Crippen LogP contribution >= 0.6 is 0 Å². The topological polar surface area (TPSA) is 165 Å². The molecule has 11 heteroatoms. The maximum atomic E-state index is 12.2. The molecule has 184 valence electrons. The molecular weight excluding hydrogens is 446 g/mol. The summed E-state index contributed by atoms with van der Waals surface area (Å²) in [4.78, 5) is 12.2. The number of amides is 1. The predicted molar refractivity (Wildman–Crippen MR) is 129 cm³/mol. The van der Waals surface area contributed by atoms with E-state index in [-0.39, 0.29) is 17.4 Å². The largest absolute Gasteiger partial charge is 0.384 e. The fourth-order valence-corrected chi connectivity index (χ4v) is 4.59. The third-order valence-corrected chi connectivity index (χ3v) is 6.49. The molecule has 0 bridgehead atoms. The minimum Gasteiger partial charge on any atom is -0.384 e. The molecule has 2 heterocycles. The molecular formula is C24H31N9O2. The van der Waals surface area contributed by atoms with Crippen molar-refractivity contribution in [3.8, 4) is 6.07 Å². The zero-order valence-electron chi connectivity index (χ0n) is 20.0. The van der Waals surface area contributed by atoms with E-state index in [4.69, 9.17) is 11.6 Å². The molecule has 0 radical (unpaired) electrons. The fraction of sp³-hybridized carbons (Fsp3) is 0.458. The lowest BCUT2D eigenvalue weighted by molar-refractivity contribution is 0.0737. The average molecular weight is 478 g/mol. The number of nitrogens with zero attached hydrogens (tertiary/aromatic N) is 7. The number of anilines is 2. The summed E-state index contributed by atoms with van der Waals surface area (Å²) in [7, 11) is 0. The number of rotatable bonds is 9. The van der Waals surface area contributed by atoms with Gasteiger partial charge >= 0.3 is 0 Å². The number of carbonyl (C=O) groups excluding carboxylic acids is 1. The second-order valence-corrected chi connectivity index (χ2v) is 9.59. The summed E-state index contributed by atoms with van der Waals surface area (Å²) >= 11 is 0. The number of nitrogens with two attached hydrogens (primary N) is 2. The van der Waals surface area contributed by atoms with Gasteiger partial charge in [0.15, 0.2) is 5.82 Å². The Hall–Kier alpha value is -3.75. The van der Waals surface area contributed by atoms with Gasteiger partial charge in [0.25, 0.3) is 5.91 Å². The molecule has 1 saturated carbocycles. The van der Waals surface area contributed by atoms with Crippen LogP contribution in [0.1, 0.15) is 73.6 Å². The molecule has 2 aromatic heterocycles. The number of hydrogen-bond acceptors (Lipinski definition) is 8. The third-order valence-electron chi connectivity index (χ3n) is 6.49. The van der Waals surface area contributed by atoms with E-state index in [9.17, 15) is 15.2 Å². The van der Waals surface area contributed by atoms with E-state index < -0.39 is 11.5 Å². The van der Waals surface area contributed by atoms with Crippen molar-refractivity contribution in [2.24, 2.45) is 17.5 Å². The zero-order chi connectivity index (χ0) is 25.2. The number of aromatic nitrogens is 5. The van der Waals surface area contributed by atoms with E-state index in [0.29, 0.717) is 30.3 Å². The van der Waals surface area contributed by atoms with E-state index in [1.165, 1.54) is 5.01 Å². The molecule has 0 saturated heterocycles. The normalized spacial score (nSPS) is 15.2. The van der Waals surface area contributed by atoms with Crippen LogP contribution in [-0.4, -0.2) is 35.8 Å². The second kappa shape index (κ2) is 9.85. The lowest BCUT2D eigenvalue weighted by Crippen LogP contribution is -2.28. The minimum absolute atomic E-state index is 0.133. The van der Waals surface area contributed by atoms with Crippen LogP contribution in [0.25, 0.3) is 0 Å². The lowest BCUT2D eigenvalue weighted by Gasteiger charge is -2.22. The first-order chi connectivity index (χ1) is 16.7. The molecule has 5 N–H and O–H groups in total. The van der Waals surface area contributed by atoms with Crippen LogP contribution in [0.5, 0.6) is 0 Å². The van der Waals surface area contributed by atoms with Crippen LogP contribution in [0.2, 0.25) is 0 Å². The third kappa shape index (κ3) is 5.34. The van der Waals surface area contributed by atoms with Gasteiger partial charge in [0.2, 0.25) is 0 Å². The van der Waals surface area contributed by atoms with Crippen LogP contribution in [0.3, 0.4) is 0 Å². The first-order valence-corrected chi connectivity index (χ1v) is 11.7. The molecule has 35 heavy (non-hydrogen) atoms. The Kier molecular flexibility index (Phi) is 6.86. The Morgan fingerprint density at radius 3 is 2.71 bits per heavy atom. The minimum atomic E-state index is -1.08. The first-order valence-electron chi connectivity index (χ1n) is 11.7. The molecule has 1 unspecified atom stereocenters. The van der Waals surface area contributed by atoms with E-state index >= 15 is 0 Å². The van der Waals surface area contributed by atoms with Crippen molar-refractivity contribution in [2.75, 3.05) is 5.01 Å². The zero-order valence-corrected chi connectivity index (χ0v) is 20.0. The molecule has 0 spiro atoms. The predicted octanol–water partition coefficient (Wildman–Crippen LogP) is 2.51. The van der Waals surface area contributed by atoms with Crippen LogP contribution < -0.4 is 16.6 Å². The molecule has 1 atom stereocenters. The van der Waals surface area contributed by atoms with Gasteiger partial charge in [0.1, 0.15) is 16.9 Å². The van der Waals surface area contributed by atoms with Crippen LogP contribution in [-0.2, 0) is 12.1 Å². The van der Waals surface area contributed by atoms with Gasteiger partial charge in [-0.05, 0) is 50.3 Å². The maximum Gasteiger partial charge on any atom is 0.254 e. The van der Waals surface area contributed by atoms with Gasteiger partial charge in [-0.25, -0.2) is 10.5 Å². The van der Waals surface area contributed by atoms with Crippen molar-refractivity contribution in [3.05, 3.63) is 53.5 Å². The Morgan fingerprint density at radius 2 is 2.09 bits per heavy atom. The fourth-order valence-electron chi connectivity index (χ4n) is 4.59. The van der Waals surface area contributed by atoms with Gasteiger partial charge < -0.3 is 10.8 Å². The molecule has 1 aliphatic carbocycles. The van der Waals surface area contributed by atoms with Crippen molar-refractivity contribution in [1.82, 2.24) is 24.8 Å². The number of nitriles is 1. The standard InChI is InChI=1S/C24H31N9O2/c1-24(2,35)21-15-31(30-28-21)13-16-6-5-9-18(12-16)33(27)23-19(22(26)34)14-32(29-23)20(10-11-25)17-7-3-4-8-17/h5-6,9,12,14-15,17,20,35H,3-4,7-8,10,13,27H2,1-2H3,(H2,26,34). The van der Waals surface area contributed by atoms with Gasteiger partial charge in [-0.3, -0.25) is 14.5 Å². The van der Waals surface area contributed by atoms with Gasteiger partial charge in [-0.2, -0.15) is 10.4 Å². The highest BCUT2D eigenvalue weighted by Crippen LogP contribution is 2.37. The van der Waals surface area contributed by atoms with E-state index in [1.54, 1.807) is 41.7 Å². The SMILES string of the molecule is CC(C)(O)c1cn(Cc2cccc(N(N)c3nn(C(CC#N)C4CCCC4)cc3C(N)=O)c2)nn1. The monoisotopic (exact) mass is 477 g/mol. The summed E-state index contributed by atoms with van der Waals surface area (Å²) in [5.41, 5.74) is 6.74. The summed E-state index contributed by atoms with van der Waals surface area (Å²) in [6, 6.07) is 9.55. The van der Waals surface area contributed by atoms with E-state index in [1.807, 2.05) is 18.2 Å². The number of hydrogen-bond donors (Lipinski definition) is 3. The highest BCUT2D eigenvalue weighted by Gasteiger charge is 2.30. The number of hydrazine groups is 1. The highest BCUT2D eigenvalue weighted by molar-refractivity contribution is 5.98. The second-order valence-electron chi connectivity index (χ2n) is 9.59. The van der Waals surface area contributed by atoms with Crippen LogP contribution in [0, 0.1) is 17.2 Å². The van der Waals surface area contributed by atoms with Crippen molar-refractivity contribution in [1.29, 1.82) is 5.26 Å². The molecule has 1 aliphatic rings. The maximum absolute atomic E-state index is 12.2.